The van der Waals surface area contributed by atoms with Crippen molar-refractivity contribution in [3.8, 4) is 5.75 Å². The monoisotopic (exact) mass is 390 g/mol. The Hall–Kier alpha value is -0.100. The Morgan fingerprint density at radius 1 is 1.37 bits per heavy atom. The molecule has 1 unspecified atom stereocenters. The summed E-state index contributed by atoms with van der Waals surface area (Å²) >= 11 is 7.07. The molecule has 5 heteroatoms. The molecule has 1 aliphatic heterocycles. The van der Waals surface area contributed by atoms with Crippen molar-refractivity contribution in [3.05, 3.63) is 26.6 Å². The third kappa shape index (κ3) is 4.18. The van der Waals surface area contributed by atoms with E-state index < -0.39 is 0 Å². The van der Waals surface area contributed by atoms with Crippen LogP contribution < -0.4 is 10.1 Å². The molecule has 19 heavy (non-hydrogen) atoms. The van der Waals surface area contributed by atoms with Crippen LogP contribution in [0.1, 0.15) is 12.0 Å². The minimum atomic E-state index is 0.787. The summed E-state index contributed by atoms with van der Waals surface area (Å²) in [4.78, 5) is 2.40. The highest BCUT2D eigenvalue weighted by atomic mass is 79.9. The van der Waals surface area contributed by atoms with Crippen LogP contribution in [0.3, 0.4) is 0 Å². The normalized spacial score (nSPS) is 19.9. The van der Waals surface area contributed by atoms with Gasteiger partial charge in [0.25, 0.3) is 0 Å². The van der Waals surface area contributed by atoms with Gasteiger partial charge in [-0.15, -0.1) is 0 Å². The van der Waals surface area contributed by atoms with E-state index in [1.165, 1.54) is 25.1 Å². The van der Waals surface area contributed by atoms with Crippen molar-refractivity contribution in [1.82, 2.24) is 10.2 Å². The van der Waals surface area contributed by atoms with Gasteiger partial charge in [-0.1, -0.05) is 0 Å². The molecule has 1 atom stereocenters. The fourth-order valence-electron chi connectivity index (χ4n) is 2.52. The van der Waals surface area contributed by atoms with Crippen LogP contribution in [0.15, 0.2) is 21.1 Å². The second kappa shape index (κ2) is 7.07. The van der Waals surface area contributed by atoms with Crippen molar-refractivity contribution in [1.29, 1.82) is 0 Å². The van der Waals surface area contributed by atoms with E-state index in [1.807, 2.05) is 0 Å². The molecule has 1 heterocycles. The molecular formula is C14H20Br2N2O. The summed E-state index contributed by atoms with van der Waals surface area (Å²) in [7, 11) is 3.87. The first-order valence-electron chi connectivity index (χ1n) is 6.51. The number of benzene rings is 1. The lowest BCUT2D eigenvalue weighted by atomic mass is 10.1. The van der Waals surface area contributed by atoms with E-state index in [4.69, 9.17) is 4.74 Å². The van der Waals surface area contributed by atoms with Gasteiger partial charge in [-0.3, -0.25) is 0 Å². The SMILES string of the molecule is COc1c(Br)cc(CNCC2CCN(C)C2)cc1Br. The number of methoxy groups -OCH3 is 1. The Labute approximate surface area is 132 Å². The molecule has 0 radical (unpaired) electrons. The molecular weight excluding hydrogens is 372 g/mol. The van der Waals surface area contributed by atoms with E-state index in [9.17, 15) is 0 Å². The van der Waals surface area contributed by atoms with E-state index in [-0.39, 0.29) is 0 Å². The molecule has 3 nitrogen and oxygen atoms in total. The van der Waals surface area contributed by atoms with Gasteiger partial charge in [0.1, 0.15) is 5.75 Å². The van der Waals surface area contributed by atoms with Crippen LogP contribution >= 0.6 is 31.9 Å². The number of hydrogen-bond acceptors (Lipinski definition) is 3. The fraction of sp³-hybridized carbons (Fsp3) is 0.571. The molecule has 0 amide bonds. The zero-order valence-corrected chi connectivity index (χ0v) is 14.6. The minimum absolute atomic E-state index is 0.787. The molecule has 0 bridgehead atoms. The number of halogens is 2. The van der Waals surface area contributed by atoms with Crippen molar-refractivity contribution in [3.63, 3.8) is 0 Å². The first-order chi connectivity index (χ1) is 9.10. The maximum atomic E-state index is 5.31. The molecule has 1 saturated heterocycles. The van der Waals surface area contributed by atoms with Crippen LogP contribution in [0.5, 0.6) is 5.75 Å². The van der Waals surface area contributed by atoms with Crippen molar-refractivity contribution in [2.75, 3.05) is 33.8 Å². The smallest absolute Gasteiger partial charge is 0.147 e. The quantitative estimate of drug-likeness (QED) is 0.833. The fourth-order valence-corrected chi connectivity index (χ4v) is 4.13. The first-order valence-corrected chi connectivity index (χ1v) is 8.10. The van der Waals surface area contributed by atoms with E-state index in [0.717, 1.165) is 33.7 Å². The molecule has 2 rings (SSSR count). The summed E-state index contributed by atoms with van der Waals surface area (Å²) in [5.41, 5.74) is 1.26. The van der Waals surface area contributed by atoms with Gasteiger partial charge in [-0.25, -0.2) is 0 Å². The van der Waals surface area contributed by atoms with Gasteiger partial charge in [0.2, 0.25) is 0 Å². The molecule has 0 aliphatic carbocycles. The number of rotatable bonds is 5. The molecule has 1 aliphatic rings. The summed E-state index contributed by atoms with van der Waals surface area (Å²) in [5.74, 6) is 1.64. The van der Waals surface area contributed by atoms with Gasteiger partial charge in [0, 0.05) is 13.1 Å². The third-order valence-electron chi connectivity index (χ3n) is 3.51. The standard InChI is InChI=1S/C14H20Br2N2O/c1-18-4-3-10(9-18)7-17-8-11-5-12(15)14(19-2)13(16)6-11/h5-6,10,17H,3-4,7-9H2,1-2H3. The van der Waals surface area contributed by atoms with Gasteiger partial charge in [0.15, 0.2) is 0 Å². The Bertz CT molecular complexity index is 416. The summed E-state index contributed by atoms with van der Waals surface area (Å²) in [6.45, 7) is 4.42. The zero-order chi connectivity index (χ0) is 13.8. The van der Waals surface area contributed by atoms with E-state index >= 15 is 0 Å². The molecule has 1 fully saturated rings. The predicted octanol–water partition coefficient (Wildman–Crippen LogP) is 3.26. The summed E-state index contributed by atoms with van der Waals surface area (Å²) in [6.07, 6.45) is 1.31. The Kier molecular flexibility index (Phi) is 5.69. The second-order valence-corrected chi connectivity index (χ2v) is 6.85. The second-order valence-electron chi connectivity index (χ2n) is 5.14. The molecule has 0 saturated carbocycles. The first kappa shape index (κ1) is 15.3. The number of likely N-dealkylation sites (tertiary alicyclic amines) is 1. The van der Waals surface area contributed by atoms with Crippen LogP contribution in [0.2, 0.25) is 0 Å². The highest BCUT2D eigenvalue weighted by Crippen LogP contribution is 2.34. The van der Waals surface area contributed by atoms with Crippen LogP contribution in [0, 0.1) is 5.92 Å². The molecule has 0 aromatic heterocycles. The molecule has 106 valence electrons. The number of ether oxygens (including phenoxy) is 1. The predicted molar refractivity (Wildman–Crippen MR) is 85.7 cm³/mol. The van der Waals surface area contributed by atoms with Crippen molar-refractivity contribution < 1.29 is 4.74 Å². The maximum absolute atomic E-state index is 5.31. The lowest BCUT2D eigenvalue weighted by molar-refractivity contribution is 0.388. The third-order valence-corrected chi connectivity index (χ3v) is 4.69. The van der Waals surface area contributed by atoms with E-state index in [0.29, 0.717) is 0 Å². The maximum Gasteiger partial charge on any atom is 0.147 e. The molecule has 1 N–H and O–H groups in total. The van der Waals surface area contributed by atoms with Crippen molar-refractivity contribution in [2.45, 2.75) is 13.0 Å². The van der Waals surface area contributed by atoms with Crippen LogP contribution in [-0.4, -0.2) is 38.7 Å². The van der Waals surface area contributed by atoms with Gasteiger partial charge < -0.3 is 15.0 Å². The highest BCUT2D eigenvalue weighted by Gasteiger charge is 2.18. The summed E-state index contributed by atoms with van der Waals surface area (Å²) < 4.78 is 7.28. The molecule has 1 aromatic rings. The van der Waals surface area contributed by atoms with Crippen molar-refractivity contribution in [2.24, 2.45) is 5.92 Å². The van der Waals surface area contributed by atoms with Crippen LogP contribution in [0.25, 0.3) is 0 Å². The topological polar surface area (TPSA) is 24.5 Å². The lowest BCUT2D eigenvalue weighted by Crippen LogP contribution is -2.24. The average molecular weight is 392 g/mol. The largest absolute Gasteiger partial charge is 0.494 e. The number of nitrogens with zero attached hydrogens (tertiary/aromatic N) is 1. The van der Waals surface area contributed by atoms with Gasteiger partial charge in [0.05, 0.1) is 16.1 Å². The molecule has 1 aromatic carbocycles. The van der Waals surface area contributed by atoms with E-state index in [2.05, 4.69) is 61.3 Å². The van der Waals surface area contributed by atoms with Gasteiger partial charge in [-0.05, 0) is 82.0 Å². The summed E-state index contributed by atoms with van der Waals surface area (Å²) in [5, 5.41) is 3.55. The van der Waals surface area contributed by atoms with Gasteiger partial charge in [-0.2, -0.15) is 0 Å². The number of nitrogens with one attached hydrogen (secondary N) is 1. The number of hydrogen-bond donors (Lipinski definition) is 1. The Morgan fingerprint density at radius 2 is 2.05 bits per heavy atom. The molecule has 0 spiro atoms. The average Bonchev–Trinajstić information content (AvgIpc) is 2.75. The van der Waals surface area contributed by atoms with Gasteiger partial charge >= 0.3 is 0 Å². The lowest BCUT2D eigenvalue weighted by Gasteiger charge is -2.13. The van der Waals surface area contributed by atoms with Crippen LogP contribution in [0.4, 0.5) is 0 Å². The summed E-state index contributed by atoms with van der Waals surface area (Å²) in [6, 6.07) is 4.22. The van der Waals surface area contributed by atoms with E-state index in [1.54, 1.807) is 7.11 Å². The zero-order valence-electron chi connectivity index (χ0n) is 11.4. The minimum Gasteiger partial charge on any atom is -0.494 e. The highest BCUT2D eigenvalue weighted by molar-refractivity contribution is 9.11. The van der Waals surface area contributed by atoms with Crippen molar-refractivity contribution >= 4 is 31.9 Å². The Morgan fingerprint density at radius 3 is 2.58 bits per heavy atom. The Balaban J connectivity index is 1.86. The van der Waals surface area contributed by atoms with Crippen LogP contribution in [-0.2, 0) is 6.54 Å².